The monoisotopic (exact) mass is 384 g/mol. The summed E-state index contributed by atoms with van der Waals surface area (Å²) in [6, 6.07) is 9.11. The Kier molecular flexibility index (Phi) is 5.41. The number of hydrogen-bond acceptors (Lipinski definition) is 3. The third kappa shape index (κ3) is 4.30. The first-order valence-corrected chi connectivity index (χ1v) is 8.95. The van der Waals surface area contributed by atoms with Crippen molar-refractivity contribution >= 4 is 23.4 Å². The van der Waals surface area contributed by atoms with E-state index < -0.39 is 11.7 Å². The van der Waals surface area contributed by atoms with Crippen LogP contribution in [-0.2, 0) is 11.0 Å². The summed E-state index contributed by atoms with van der Waals surface area (Å²) in [4.78, 5) is 12.7. The van der Waals surface area contributed by atoms with Crippen molar-refractivity contribution in [3.63, 3.8) is 0 Å². The van der Waals surface area contributed by atoms with Crippen LogP contribution < -0.4 is 10.6 Å². The summed E-state index contributed by atoms with van der Waals surface area (Å²) in [5.41, 5.74) is 0.158. The second-order valence-corrected chi connectivity index (χ2v) is 6.95. The van der Waals surface area contributed by atoms with E-state index in [1.54, 1.807) is 12.1 Å². The summed E-state index contributed by atoms with van der Waals surface area (Å²) < 4.78 is 52.0. The summed E-state index contributed by atoms with van der Waals surface area (Å²) in [6.07, 6.45) is -3.77. The Labute approximate surface area is 152 Å². The third-order valence-corrected chi connectivity index (χ3v) is 5.16. The molecule has 138 valence electrons. The van der Waals surface area contributed by atoms with Crippen LogP contribution in [-0.4, -0.2) is 18.2 Å². The highest BCUT2D eigenvalue weighted by Crippen LogP contribution is 2.37. The van der Waals surface area contributed by atoms with Gasteiger partial charge < -0.3 is 10.6 Å². The molecule has 2 aromatic rings. The SMILES string of the molecule is O=C(CNc1cccc(C(F)(F)F)c1)NC1CCSc2c(F)cccc21. The molecule has 0 aliphatic carbocycles. The molecule has 1 amide bonds. The predicted octanol–water partition coefficient (Wildman–Crippen LogP) is 4.61. The van der Waals surface area contributed by atoms with Gasteiger partial charge in [-0.25, -0.2) is 4.39 Å². The summed E-state index contributed by atoms with van der Waals surface area (Å²) in [5.74, 6) is 0.00277. The number of carbonyl (C=O) groups is 1. The number of carbonyl (C=O) groups excluding carboxylic acids is 1. The van der Waals surface area contributed by atoms with E-state index in [-0.39, 0.29) is 30.0 Å². The molecule has 0 fully saturated rings. The summed E-state index contributed by atoms with van der Waals surface area (Å²) >= 11 is 1.41. The zero-order chi connectivity index (χ0) is 18.7. The highest BCUT2D eigenvalue weighted by atomic mass is 32.2. The zero-order valence-electron chi connectivity index (χ0n) is 13.6. The van der Waals surface area contributed by atoms with Crippen molar-refractivity contribution in [2.24, 2.45) is 0 Å². The van der Waals surface area contributed by atoms with Crippen molar-refractivity contribution in [2.45, 2.75) is 23.5 Å². The van der Waals surface area contributed by atoms with Crippen molar-refractivity contribution in [1.29, 1.82) is 0 Å². The maximum atomic E-state index is 13.8. The molecule has 8 heteroatoms. The second-order valence-electron chi connectivity index (χ2n) is 5.85. The lowest BCUT2D eigenvalue weighted by Gasteiger charge is -2.26. The second kappa shape index (κ2) is 7.57. The van der Waals surface area contributed by atoms with E-state index >= 15 is 0 Å². The van der Waals surface area contributed by atoms with Crippen molar-refractivity contribution in [3.05, 3.63) is 59.4 Å². The lowest BCUT2D eigenvalue weighted by molar-refractivity contribution is -0.137. The number of anilines is 1. The molecule has 1 aliphatic rings. The van der Waals surface area contributed by atoms with Gasteiger partial charge >= 0.3 is 6.18 Å². The van der Waals surface area contributed by atoms with Gasteiger partial charge in [0.2, 0.25) is 5.91 Å². The highest BCUT2D eigenvalue weighted by molar-refractivity contribution is 7.99. The standard InChI is InChI=1S/C18H16F4N2OS/c19-14-6-2-5-13-15(7-8-26-17(13)14)24-16(25)10-23-12-4-1-3-11(9-12)18(20,21)22/h1-6,9,15,23H,7-8,10H2,(H,24,25). The summed E-state index contributed by atoms with van der Waals surface area (Å²) in [5, 5.41) is 5.50. The Morgan fingerprint density at radius 1 is 1.19 bits per heavy atom. The molecule has 3 nitrogen and oxygen atoms in total. The average Bonchev–Trinajstić information content (AvgIpc) is 2.60. The molecular formula is C18H16F4N2OS. The van der Waals surface area contributed by atoms with Gasteiger partial charge in [-0.15, -0.1) is 11.8 Å². The van der Waals surface area contributed by atoms with E-state index in [2.05, 4.69) is 10.6 Å². The minimum absolute atomic E-state index is 0.171. The van der Waals surface area contributed by atoms with Gasteiger partial charge in [-0.2, -0.15) is 13.2 Å². The lowest BCUT2D eigenvalue weighted by atomic mass is 10.0. The Bertz CT molecular complexity index is 810. The van der Waals surface area contributed by atoms with Gasteiger partial charge in [0.1, 0.15) is 5.82 Å². The lowest BCUT2D eigenvalue weighted by Crippen LogP contribution is -2.35. The summed E-state index contributed by atoms with van der Waals surface area (Å²) in [7, 11) is 0. The van der Waals surface area contributed by atoms with Crippen LogP contribution in [0.5, 0.6) is 0 Å². The number of hydrogen-bond donors (Lipinski definition) is 2. The molecule has 0 saturated carbocycles. The number of benzene rings is 2. The van der Waals surface area contributed by atoms with Crippen molar-refractivity contribution in [2.75, 3.05) is 17.6 Å². The van der Waals surface area contributed by atoms with E-state index in [0.717, 1.165) is 17.7 Å². The maximum Gasteiger partial charge on any atom is 0.416 e. The Morgan fingerprint density at radius 3 is 2.73 bits per heavy atom. The topological polar surface area (TPSA) is 41.1 Å². The number of nitrogens with one attached hydrogen (secondary N) is 2. The van der Waals surface area contributed by atoms with Gasteiger partial charge in [-0.3, -0.25) is 4.79 Å². The van der Waals surface area contributed by atoms with E-state index in [1.807, 2.05) is 0 Å². The van der Waals surface area contributed by atoms with Crippen LogP contribution in [0.25, 0.3) is 0 Å². The number of halogens is 4. The smallest absolute Gasteiger partial charge is 0.376 e. The van der Waals surface area contributed by atoms with Gasteiger partial charge in [0, 0.05) is 16.3 Å². The molecule has 1 aliphatic heterocycles. The number of alkyl halides is 3. The van der Waals surface area contributed by atoms with Crippen LogP contribution in [0.3, 0.4) is 0 Å². The molecule has 2 N–H and O–H groups in total. The molecule has 2 aromatic carbocycles. The van der Waals surface area contributed by atoms with Gasteiger partial charge in [-0.1, -0.05) is 18.2 Å². The van der Waals surface area contributed by atoms with Crippen LogP contribution >= 0.6 is 11.8 Å². The van der Waals surface area contributed by atoms with Crippen molar-refractivity contribution in [3.8, 4) is 0 Å². The Hall–Kier alpha value is -2.22. The van der Waals surface area contributed by atoms with E-state index in [9.17, 15) is 22.4 Å². The number of amides is 1. The minimum Gasteiger partial charge on any atom is -0.376 e. The molecule has 26 heavy (non-hydrogen) atoms. The number of thioether (sulfide) groups is 1. The van der Waals surface area contributed by atoms with Crippen molar-refractivity contribution in [1.82, 2.24) is 5.32 Å². The third-order valence-electron chi connectivity index (χ3n) is 4.00. The summed E-state index contributed by atoms with van der Waals surface area (Å²) in [6.45, 7) is -0.171. The molecule has 0 radical (unpaired) electrons. The van der Waals surface area contributed by atoms with E-state index in [1.165, 1.54) is 30.0 Å². The fraction of sp³-hybridized carbons (Fsp3) is 0.278. The van der Waals surface area contributed by atoms with Crippen LogP contribution in [0.1, 0.15) is 23.6 Å². The Morgan fingerprint density at radius 2 is 1.96 bits per heavy atom. The highest BCUT2D eigenvalue weighted by Gasteiger charge is 2.30. The van der Waals surface area contributed by atoms with Crippen LogP contribution in [0.4, 0.5) is 23.2 Å². The number of rotatable bonds is 4. The minimum atomic E-state index is -4.44. The first kappa shape index (κ1) is 18.6. The van der Waals surface area contributed by atoms with Crippen LogP contribution in [0, 0.1) is 5.82 Å². The Balaban J connectivity index is 1.62. The molecule has 1 heterocycles. The fourth-order valence-electron chi connectivity index (χ4n) is 2.77. The predicted molar refractivity (Wildman–Crippen MR) is 92.6 cm³/mol. The van der Waals surface area contributed by atoms with E-state index in [0.29, 0.717) is 17.1 Å². The first-order chi connectivity index (χ1) is 12.3. The normalized spacial score (nSPS) is 16.7. The van der Waals surface area contributed by atoms with Gasteiger partial charge in [0.05, 0.1) is 18.2 Å². The first-order valence-electron chi connectivity index (χ1n) is 7.96. The molecular weight excluding hydrogens is 368 g/mol. The largest absolute Gasteiger partial charge is 0.416 e. The van der Waals surface area contributed by atoms with Crippen LogP contribution in [0.15, 0.2) is 47.4 Å². The van der Waals surface area contributed by atoms with Crippen molar-refractivity contribution < 1.29 is 22.4 Å². The van der Waals surface area contributed by atoms with Gasteiger partial charge in [0.25, 0.3) is 0 Å². The quantitative estimate of drug-likeness (QED) is 0.757. The van der Waals surface area contributed by atoms with Crippen LogP contribution in [0.2, 0.25) is 0 Å². The molecule has 1 unspecified atom stereocenters. The molecule has 0 saturated heterocycles. The molecule has 1 atom stereocenters. The van der Waals surface area contributed by atoms with Gasteiger partial charge in [-0.05, 0) is 36.2 Å². The zero-order valence-corrected chi connectivity index (χ0v) is 14.4. The maximum absolute atomic E-state index is 13.8. The van der Waals surface area contributed by atoms with E-state index in [4.69, 9.17) is 0 Å². The average molecular weight is 384 g/mol. The molecule has 0 aromatic heterocycles. The molecule has 0 bridgehead atoms. The molecule has 3 rings (SSSR count). The number of fused-ring (bicyclic) bond motifs is 1. The fourth-order valence-corrected chi connectivity index (χ4v) is 3.91. The van der Waals surface area contributed by atoms with Gasteiger partial charge in [0.15, 0.2) is 0 Å². The molecule has 0 spiro atoms.